The summed E-state index contributed by atoms with van der Waals surface area (Å²) in [6.45, 7) is 0.318. The van der Waals surface area contributed by atoms with Gasteiger partial charge in [0.2, 0.25) is 0 Å². The van der Waals surface area contributed by atoms with Crippen LogP contribution in [0.1, 0.15) is 12.0 Å². The van der Waals surface area contributed by atoms with Gasteiger partial charge in [0.25, 0.3) is 5.91 Å². The number of hydrogen-bond donors (Lipinski definition) is 1. The minimum atomic E-state index is -0.650. The fourth-order valence-corrected chi connectivity index (χ4v) is 4.18. The normalized spacial score (nSPS) is 26.3. The molecule has 0 aromatic heterocycles. The number of benzene rings is 1. The predicted octanol–water partition coefficient (Wildman–Crippen LogP) is 2.38. The van der Waals surface area contributed by atoms with Crippen LogP contribution in [0.5, 0.6) is 0 Å². The minimum Gasteiger partial charge on any atom is -0.322 e. The Kier molecular flexibility index (Phi) is 3.30. The molecule has 2 heterocycles. The summed E-state index contributed by atoms with van der Waals surface area (Å²) in [5.74, 6) is 1.53. The van der Waals surface area contributed by atoms with Crippen LogP contribution in [0, 0.1) is 0 Å². The number of urea groups is 1. The van der Waals surface area contributed by atoms with E-state index in [1.165, 1.54) is 4.90 Å². The lowest BCUT2D eigenvalue weighted by molar-refractivity contribution is -0.130. The molecule has 2 aliphatic rings. The fraction of sp³-hybridized carbons (Fsp3) is 0.385. The Hall–Kier alpha value is -1.01. The lowest BCUT2D eigenvalue weighted by Crippen LogP contribution is -2.46. The molecular formula is C13H13BrN2O2S. The van der Waals surface area contributed by atoms with E-state index in [-0.39, 0.29) is 11.9 Å². The molecule has 1 aromatic carbocycles. The summed E-state index contributed by atoms with van der Waals surface area (Å²) in [7, 11) is 0. The highest BCUT2D eigenvalue weighted by atomic mass is 79.9. The molecular weight excluding hydrogens is 328 g/mol. The third-order valence-corrected chi connectivity index (χ3v) is 5.52. The number of thioether (sulfide) groups is 1. The molecule has 19 heavy (non-hydrogen) atoms. The molecule has 1 aromatic rings. The number of halogens is 1. The summed E-state index contributed by atoms with van der Waals surface area (Å²) in [6, 6.07) is 7.37. The van der Waals surface area contributed by atoms with E-state index < -0.39 is 5.54 Å². The van der Waals surface area contributed by atoms with Crippen LogP contribution in [0.25, 0.3) is 0 Å². The van der Waals surface area contributed by atoms with Gasteiger partial charge in [-0.3, -0.25) is 9.69 Å². The predicted molar refractivity (Wildman–Crippen MR) is 77.9 cm³/mol. The number of nitrogens with zero attached hydrogens (tertiary/aromatic N) is 1. The van der Waals surface area contributed by atoms with Crippen molar-refractivity contribution in [1.29, 1.82) is 0 Å². The van der Waals surface area contributed by atoms with E-state index in [0.29, 0.717) is 12.3 Å². The van der Waals surface area contributed by atoms with Crippen LogP contribution in [0.2, 0.25) is 0 Å². The summed E-state index contributed by atoms with van der Waals surface area (Å²) in [5.41, 5.74) is 0.289. The first kappa shape index (κ1) is 13.0. The zero-order chi connectivity index (χ0) is 13.5. The van der Waals surface area contributed by atoms with Gasteiger partial charge in [-0.2, -0.15) is 11.8 Å². The summed E-state index contributed by atoms with van der Waals surface area (Å²) in [6.07, 6.45) is 0.731. The molecule has 6 heteroatoms. The maximum atomic E-state index is 12.5. The number of nitrogens with one attached hydrogen (secondary N) is 1. The zero-order valence-corrected chi connectivity index (χ0v) is 12.6. The van der Waals surface area contributed by atoms with Crippen molar-refractivity contribution in [2.45, 2.75) is 18.5 Å². The van der Waals surface area contributed by atoms with Gasteiger partial charge in [-0.25, -0.2) is 4.79 Å². The third-order valence-electron chi connectivity index (χ3n) is 3.55. The maximum Gasteiger partial charge on any atom is 0.325 e. The van der Waals surface area contributed by atoms with Crippen molar-refractivity contribution < 1.29 is 9.59 Å². The summed E-state index contributed by atoms with van der Waals surface area (Å²) < 4.78 is 0.914. The average Bonchev–Trinajstić information content (AvgIpc) is 2.94. The van der Waals surface area contributed by atoms with Gasteiger partial charge < -0.3 is 5.32 Å². The van der Waals surface area contributed by atoms with Gasteiger partial charge in [-0.1, -0.05) is 34.1 Å². The SMILES string of the molecule is O=C1N[C@@]2(CCSC2)C(=O)N1Cc1ccccc1Br. The molecule has 100 valence electrons. The zero-order valence-electron chi connectivity index (χ0n) is 10.2. The largest absolute Gasteiger partial charge is 0.325 e. The number of carbonyl (C=O) groups is 2. The molecule has 3 rings (SSSR count). The first-order valence-corrected chi connectivity index (χ1v) is 8.02. The summed E-state index contributed by atoms with van der Waals surface area (Å²) in [5, 5.41) is 2.87. The van der Waals surface area contributed by atoms with Crippen LogP contribution in [0.15, 0.2) is 28.7 Å². The Morgan fingerprint density at radius 2 is 2.16 bits per heavy atom. The van der Waals surface area contributed by atoms with Crippen molar-refractivity contribution in [3.63, 3.8) is 0 Å². The Bertz CT molecular complexity index is 543. The number of carbonyl (C=O) groups excluding carboxylic acids is 2. The van der Waals surface area contributed by atoms with E-state index in [0.717, 1.165) is 22.2 Å². The molecule has 2 fully saturated rings. The van der Waals surface area contributed by atoms with E-state index >= 15 is 0 Å². The van der Waals surface area contributed by atoms with Crippen molar-refractivity contribution in [3.05, 3.63) is 34.3 Å². The Labute approximate surface area is 124 Å². The fourth-order valence-electron chi connectivity index (χ4n) is 2.45. The minimum absolute atomic E-state index is 0.0850. The molecule has 0 unspecified atom stereocenters. The second kappa shape index (κ2) is 4.83. The van der Waals surface area contributed by atoms with Crippen molar-refractivity contribution in [2.75, 3.05) is 11.5 Å². The quantitative estimate of drug-likeness (QED) is 0.841. The maximum absolute atomic E-state index is 12.5. The van der Waals surface area contributed by atoms with Gasteiger partial charge in [0.1, 0.15) is 5.54 Å². The van der Waals surface area contributed by atoms with Crippen LogP contribution in [-0.2, 0) is 11.3 Å². The van der Waals surface area contributed by atoms with E-state index in [9.17, 15) is 9.59 Å². The van der Waals surface area contributed by atoms with Crippen LogP contribution < -0.4 is 5.32 Å². The van der Waals surface area contributed by atoms with Crippen molar-refractivity contribution in [2.24, 2.45) is 0 Å². The topological polar surface area (TPSA) is 49.4 Å². The monoisotopic (exact) mass is 340 g/mol. The van der Waals surface area contributed by atoms with Crippen LogP contribution >= 0.6 is 27.7 Å². The number of hydrogen-bond acceptors (Lipinski definition) is 3. The number of rotatable bonds is 2. The first-order valence-electron chi connectivity index (χ1n) is 6.08. The van der Waals surface area contributed by atoms with Gasteiger partial charge in [-0.15, -0.1) is 0 Å². The lowest BCUT2D eigenvalue weighted by atomic mass is 9.99. The Morgan fingerprint density at radius 1 is 1.37 bits per heavy atom. The third kappa shape index (κ3) is 2.17. The smallest absolute Gasteiger partial charge is 0.322 e. The summed E-state index contributed by atoms with van der Waals surface area (Å²) in [4.78, 5) is 25.8. The van der Waals surface area contributed by atoms with Crippen LogP contribution in [-0.4, -0.2) is 33.9 Å². The van der Waals surface area contributed by atoms with Gasteiger partial charge in [0.05, 0.1) is 6.54 Å². The Morgan fingerprint density at radius 3 is 2.84 bits per heavy atom. The highest BCUT2D eigenvalue weighted by molar-refractivity contribution is 9.10. The highest BCUT2D eigenvalue weighted by Crippen LogP contribution is 2.34. The molecule has 1 spiro atoms. The highest BCUT2D eigenvalue weighted by Gasteiger charge is 2.52. The molecule has 0 bridgehead atoms. The molecule has 0 aliphatic carbocycles. The van der Waals surface area contributed by atoms with Gasteiger partial charge in [-0.05, 0) is 23.8 Å². The number of amides is 3. The first-order chi connectivity index (χ1) is 9.12. The van der Waals surface area contributed by atoms with E-state index in [1.807, 2.05) is 24.3 Å². The number of imide groups is 1. The second-order valence-corrected chi connectivity index (χ2v) is 6.76. The van der Waals surface area contributed by atoms with Crippen LogP contribution in [0.3, 0.4) is 0 Å². The van der Waals surface area contributed by atoms with Crippen molar-refractivity contribution in [1.82, 2.24) is 10.2 Å². The van der Waals surface area contributed by atoms with Crippen molar-refractivity contribution in [3.8, 4) is 0 Å². The molecule has 1 N–H and O–H groups in total. The summed E-state index contributed by atoms with van der Waals surface area (Å²) >= 11 is 5.16. The van der Waals surface area contributed by atoms with E-state index in [1.54, 1.807) is 11.8 Å². The second-order valence-electron chi connectivity index (χ2n) is 4.80. The average molecular weight is 341 g/mol. The van der Waals surface area contributed by atoms with Gasteiger partial charge in [0.15, 0.2) is 0 Å². The van der Waals surface area contributed by atoms with E-state index in [2.05, 4.69) is 21.2 Å². The van der Waals surface area contributed by atoms with Gasteiger partial charge >= 0.3 is 6.03 Å². The van der Waals surface area contributed by atoms with Crippen molar-refractivity contribution >= 4 is 39.6 Å². The molecule has 1 atom stereocenters. The molecule has 0 radical (unpaired) electrons. The van der Waals surface area contributed by atoms with Gasteiger partial charge in [0, 0.05) is 10.2 Å². The molecule has 4 nitrogen and oxygen atoms in total. The molecule has 2 aliphatic heterocycles. The molecule has 3 amide bonds. The standard InChI is InChI=1S/C13H13BrN2O2S/c14-10-4-2-1-3-9(10)7-16-11(17)13(15-12(16)18)5-6-19-8-13/h1-4H,5-8H2,(H,15,18)/t13-/m1/s1. The lowest BCUT2D eigenvalue weighted by Gasteiger charge is -2.19. The van der Waals surface area contributed by atoms with E-state index in [4.69, 9.17) is 0 Å². The molecule has 0 saturated carbocycles. The Balaban J connectivity index is 1.84. The van der Waals surface area contributed by atoms with Crippen LogP contribution in [0.4, 0.5) is 4.79 Å². The molecule has 2 saturated heterocycles.